The van der Waals surface area contributed by atoms with E-state index in [1.807, 2.05) is 13.7 Å². The lowest BCUT2D eigenvalue weighted by atomic mass is 9.37. The third-order valence-electron chi connectivity index (χ3n) is 19.2. The summed E-state index contributed by atoms with van der Waals surface area (Å²) in [6.45, 7) is 22.5. The van der Waals surface area contributed by atoms with Crippen molar-refractivity contribution in [2.45, 2.75) is 162 Å². The van der Waals surface area contributed by atoms with E-state index in [0.29, 0.717) is 46.8 Å². The molecule has 6 saturated carbocycles. The topological polar surface area (TPSA) is 105 Å². The van der Waals surface area contributed by atoms with E-state index in [1.165, 1.54) is 82.8 Å². The van der Waals surface area contributed by atoms with Gasteiger partial charge in [-0.2, -0.15) is 0 Å². The van der Waals surface area contributed by atoms with E-state index < -0.39 is 5.97 Å². The fourth-order valence-electron chi connectivity index (χ4n) is 16.2. The maximum Gasteiger partial charge on any atom is 0.306 e. The second kappa shape index (κ2) is 17.9. The summed E-state index contributed by atoms with van der Waals surface area (Å²) in [5.41, 5.74) is 2.78. The number of nitrogens with zero attached hydrogens (tertiary/aromatic N) is 4. The largest absolute Gasteiger partial charge is 0.481 e. The molecule has 1 aromatic carbocycles. The molecule has 14 atom stereocenters. The molecule has 8 aliphatic rings. The molecule has 1 N–H and O–H groups in total. The molecule has 0 bridgehead atoms. The Balaban J connectivity index is 0.000000986. The van der Waals surface area contributed by atoms with E-state index in [9.17, 15) is 9.90 Å². The van der Waals surface area contributed by atoms with E-state index >= 15 is 4.79 Å². The van der Waals surface area contributed by atoms with E-state index in [2.05, 4.69) is 72.9 Å². The minimum absolute atomic E-state index is 0.0810. The predicted octanol–water partition coefficient (Wildman–Crippen LogP) is 10.4. The molecule has 0 radical (unpaired) electrons. The van der Waals surface area contributed by atoms with Crippen molar-refractivity contribution in [3.63, 3.8) is 0 Å². The number of carbonyl (C=O) groups excluding carboxylic acids is 2. The number of fused-ring (bicyclic) bond motifs is 8. The van der Waals surface area contributed by atoms with Gasteiger partial charge in [0, 0.05) is 19.6 Å². The average Bonchev–Trinajstić information content (AvgIpc) is 4.09. The summed E-state index contributed by atoms with van der Waals surface area (Å²) in [6, 6.07) is 8.74. The normalized spacial score (nSPS) is 41.5. The molecule has 1 aromatic heterocycles. The number of carbonyl (C=O) groups is 3. The number of carboxylic acid groups (broad SMARTS) is 1. The first kappa shape index (κ1) is 44.6. The molecule has 9 nitrogen and oxygen atoms in total. The van der Waals surface area contributed by atoms with Crippen LogP contribution >= 0.6 is 0 Å². The van der Waals surface area contributed by atoms with E-state index in [1.54, 1.807) is 6.08 Å². The van der Waals surface area contributed by atoms with Crippen LogP contribution in [0.1, 0.15) is 149 Å². The number of likely N-dealkylation sites (tertiary alicyclic amines) is 2. The lowest BCUT2D eigenvalue weighted by Crippen LogP contribution is -2.62. The van der Waals surface area contributed by atoms with Crippen LogP contribution in [0, 0.1) is 63.6 Å². The highest BCUT2D eigenvalue weighted by Gasteiger charge is 2.66. The van der Waals surface area contributed by atoms with Crippen LogP contribution in [-0.4, -0.2) is 81.5 Å². The van der Waals surface area contributed by atoms with Gasteiger partial charge in [0.2, 0.25) is 5.91 Å². The molecule has 2 aromatic rings. The number of benzene rings is 1. The van der Waals surface area contributed by atoms with Crippen molar-refractivity contribution in [3.05, 3.63) is 42.7 Å². The predicted molar refractivity (Wildman–Crippen MR) is 242 cm³/mol. The summed E-state index contributed by atoms with van der Waals surface area (Å²) in [6.07, 6.45) is 20.9. The molecule has 10 rings (SSSR count). The van der Waals surface area contributed by atoms with Gasteiger partial charge in [-0.3, -0.25) is 9.59 Å². The van der Waals surface area contributed by atoms with Gasteiger partial charge in [0.1, 0.15) is 12.6 Å². The number of hydrogen-bond acceptors (Lipinski definition) is 6. The number of amides is 1. The van der Waals surface area contributed by atoms with Gasteiger partial charge in [-0.15, -0.1) is 6.58 Å². The third-order valence-corrected chi connectivity index (χ3v) is 19.2. The van der Waals surface area contributed by atoms with Gasteiger partial charge in [0.05, 0.1) is 40.6 Å². The number of imidazole rings is 1. The van der Waals surface area contributed by atoms with Crippen LogP contribution in [0.15, 0.2) is 36.9 Å². The summed E-state index contributed by atoms with van der Waals surface area (Å²) in [4.78, 5) is 45.4. The highest BCUT2D eigenvalue weighted by molar-refractivity contribution is 5.85. The molecule has 8 fully saturated rings. The molecular formula is C52H78N4O5. The quantitative estimate of drug-likeness (QED) is 0.264. The Morgan fingerprint density at radius 3 is 2.26 bits per heavy atom. The highest BCUT2D eigenvalue weighted by Crippen LogP contribution is 2.72. The van der Waals surface area contributed by atoms with Crippen LogP contribution in [0.4, 0.5) is 0 Å². The van der Waals surface area contributed by atoms with Crippen molar-refractivity contribution in [3.8, 4) is 0 Å². The SMILES string of the molecule is C=CC.C=O.CC1C(OC2CCC3(C)C(CCC4(C)C5CCC6(C(=O)N7CCCC7c7nc8ccccc8n7CCN7CCCC7)CCCC6C5CCC34)C2C)CC1C(=O)O. The summed E-state index contributed by atoms with van der Waals surface area (Å²) >= 11 is 0. The van der Waals surface area contributed by atoms with Crippen LogP contribution in [-0.2, 0) is 25.7 Å². The van der Waals surface area contributed by atoms with Gasteiger partial charge in [0.25, 0.3) is 0 Å². The number of allylic oxidation sites excluding steroid dienone is 1. The number of aromatic nitrogens is 2. The number of carboxylic acids is 1. The first-order valence-electron chi connectivity index (χ1n) is 24.7. The smallest absolute Gasteiger partial charge is 0.306 e. The summed E-state index contributed by atoms with van der Waals surface area (Å²) in [7, 11) is 0. The average molecular weight is 839 g/mol. The zero-order valence-corrected chi connectivity index (χ0v) is 38.4. The number of ether oxygens (including phenoxy) is 1. The summed E-state index contributed by atoms with van der Waals surface area (Å²) < 4.78 is 9.27. The van der Waals surface area contributed by atoms with Gasteiger partial charge in [0.15, 0.2) is 0 Å². The Labute approximate surface area is 366 Å². The van der Waals surface area contributed by atoms with Crippen molar-refractivity contribution in [2.24, 2.45) is 63.6 Å². The van der Waals surface area contributed by atoms with Crippen LogP contribution in [0.5, 0.6) is 0 Å². The fourth-order valence-corrected chi connectivity index (χ4v) is 16.2. The van der Waals surface area contributed by atoms with Crippen molar-refractivity contribution in [1.82, 2.24) is 19.4 Å². The van der Waals surface area contributed by atoms with Crippen molar-refractivity contribution < 1.29 is 24.2 Å². The molecule has 2 saturated heterocycles. The number of para-hydroxylation sites is 2. The molecule has 6 aliphatic carbocycles. The summed E-state index contributed by atoms with van der Waals surface area (Å²) in [5.74, 6) is 4.67. The van der Waals surface area contributed by atoms with Crippen LogP contribution in [0.25, 0.3) is 11.0 Å². The van der Waals surface area contributed by atoms with Gasteiger partial charge in [-0.05, 0) is 181 Å². The van der Waals surface area contributed by atoms with Gasteiger partial charge < -0.3 is 29.0 Å². The Kier molecular flexibility index (Phi) is 13.0. The molecule has 336 valence electrons. The highest BCUT2D eigenvalue weighted by atomic mass is 16.5. The lowest BCUT2D eigenvalue weighted by molar-refractivity contribution is -0.217. The fraction of sp³-hybridized carbons (Fsp3) is 0.769. The molecule has 3 heterocycles. The lowest BCUT2D eigenvalue weighted by Gasteiger charge is -2.68. The third kappa shape index (κ3) is 7.45. The second-order valence-corrected chi connectivity index (χ2v) is 21.6. The zero-order valence-electron chi connectivity index (χ0n) is 38.4. The number of aliphatic carboxylic acids is 1. The number of rotatable bonds is 8. The Morgan fingerprint density at radius 1 is 0.820 bits per heavy atom. The van der Waals surface area contributed by atoms with Crippen LogP contribution in [0.2, 0.25) is 0 Å². The van der Waals surface area contributed by atoms with E-state index in [4.69, 9.17) is 14.5 Å². The molecule has 1 amide bonds. The Hall–Kier alpha value is -3.04. The molecule has 2 aliphatic heterocycles. The zero-order chi connectivity index (χ0) is 43.3. The van der Waals surface area contributed by atoms with Crippen LogP contribution < -0.4 is 0 Å². The Bertz CT molecular complexity index is 1890. The molecule has 9 heteroatoms. The molecule has 14 unspecified atom stereocenters. The molecule has 0 spiro atoms. The maximum absolute atomic E-state index is 15.4. The Morgan fingerprint density at radius 2 is 1.52 bits per heavy atom. The first-order valence-corrected chi connectivity index (χ1v) is 24.7. The van der Waals surface area contributed by atoms with Gasteiger partial charge in [-0.25, -0.2) is 4.98 Å². The van der Waals surface area contributed by atoms with Crippen molar-refractivity contribution in [2.75, 3.05) is 26.2 Å². The second-order valence-electron chi connectivity index (χ2n) is 21.6. The van der Waals surface area contributed by atoms with Crippen LogP contribution in [0.3, 0.4) is 0 Å². The maximum atomic E-state index is 15.4. The minimum Gasteiger partial charge on any atom is -0.481 e. The van der Waals surface area contributed by atoms with Gasteiger partial charge in [-0.1, -0.05) is 52.3 Å². The van der Waals surface area contributed by atoms with E-state index in [0.717, 1.165) is 74.9 Å². The van der Waals surface area contributed by atoms with Crippen molar-refractivity contribution in [1.29, 1.82) is 0 Å². The van der Waals surface area contributed by atoms with E-state index in [-0.39, 0.29) is 35.5 Å². The number of hydrogen-bond donors (Lipinski definition) is 1. The standard InChI is InChI=1S/C48H70N4O4.C3H6.CH2O/c1-30-33(44(53)54)29-41(30)56-40-19-22-46(3)34(31(40)2)17-21-47(4)35-18-23-48(20-9-11-36(48)32(35)15-16-42(46)47)45(55)52-26-10-14-39(52)43-49-37-12-5-6-13-38(37)51(43)28-27-50-24-7-8-25-50;1-3-2;1-2/h5-6,12-13,30-36,39-42H,7-11,14-29H2,1-4H3,(H,53,54);3H,1H2,2H3;1H2. The minimum atomic E-state index is -0.661. The summed E-state index contributed by atoms with van der Waals surface area (Å²) in [5, 5.41) is 9.58. The monoisotopic (exact) mass is 839 g/mol. The van der Waals surface area contributed by atoms with Crippen molar-refractivity contribution >= 4 is 29.7 Å². The first-order chi connectivity index (χ1) is 29.4. The molecule has 61 heavy (non-hydrogen) atoms. The van der Waals surface area contributed by atoms with Gasteiger partial charge >= 0.3 is 5.97 Å². The molecular weight excluding hydrogens is 761 g/mol.